The summed E-state index contributed by atoms with van der Waals surface area (Å²) < 4.78 is 4.98. The molecule has 5 nitrogen and oxygen atoms in total. The van der Waals surface area contributed by atoms with E-state index in [0.29, 0.717) is 5.56 Å². The molecule has 2 N–H and O–H groups in total. The van der Waals surface area contributed by atoms with Gasteiger partial charge in [0, 0.05) is 5.56 Å². The van der Waals surface area contributed by atoms with Crippen LogP contribution in [0.25, 0.3) is 0 Å². The molecule has 0 saturated carbocycles. The number of oxazole rings is 1. The van der Waals surface area contributed by atoms with E-state index in [1.165, 1.54) is 0 Å². The first-order chi connectivity index (χ1) is 7.66. The molecule has 0 radical (unpaired) electrons. The van der Waals surface area contributed by atoms with E-state index >= 15 is 0 Å². The Hall–Kier alpha value is -2.30. The van der Waals surface area contributed by atoms with Gasteiger partial charge in [0.2, 0.25) is 0 Å². The third kappa shape index (κ3) is 2.03. The maximum Gasteiger partial charge on any atom is 0.357 e. The minimum atomic E-state index is -1.13. The van der Waals surface area contributed by atoms with Crippen molar-refractivity contribution in [2.75, 3.05) is 0 Å². The maximum absolute atomic E-state index is 10.6. The van der Waals surface area contributed by atoms with Crippen LogP contribution in [-0.4, -0.2) is 21.2 Å². The van der Waals surface area contributed by atoms with Crippen LogP contribution in [0.2, 0.25) is 0 Å². The molecule has 16 heavy (non-hydrogen) atoms. The molecule has 2 aromatic rings. The summed E-state index contributed by atoms with van der Waals surface area (Å²) in [7, 11) is 0. The Morgan fingerprint density at radius 3 is 2.75 bits per heavy atom. The fourth-order valence-electron chi connectivity index (χ4n) is 1.31. The van der Waals surface area contributed by atoms with Gasteiger partial charge in [-0.25, -0.2) is 9.78 Å². The highest BCUT2D eigenvalue weighted by Crippen LogP contribution is 2.19. The van der Waals surface area contributed by atoms with E-state index in [-0.39, 0.29) is 23.8 Å². The number of hydrogen-bond acceptors (Lipinski definition) is 4. The number of aromatic carboxylic acids is 1. The van der Waals surface area contributed by atoms with Gasteiger partial charge in [0.05, 0.1) is 6.42 Å². The van der Waals surface area contributed by atoms with Crippen molar-refractivity contribution in [3.05, 3.63) is 47.7 Å². The predicted octanol–water partition coefficient (Wildman–Crippen LogP) is 1.67. The van der Waals surface area contributed by atoms with Crippen molar-refractivity contribution in [3.8, 4) is 5.75 Å². The Labute approximate surface area is 91.0 Å². The molecule has 0 atom stereocenters. The van der Waals surface area contributed by atoms with Crippen LogP contribution in [0.5, 0.6) is 5.75 Å². The van der Waals surface area contributed by atoms with Gasteiger partial charge in [-0.2, -0.15) is 0 Å². The summed E-state index contributed by atoms with van der Waals surface area (Å²) in [5.74, 6) is -0.733. The van der Waals surface area contributed by atoms with Crippen molar-refractivity contribution >= 4 is 5.97 Å². The third-order valence-corrected chi connectivity index (χ3v) is 2.10. The molecule has 0 saturated heterocycles. The maximum atomic E-state index is 10.6. The second kappa shape index (κ2) is 4.06. The first kappa shape index (κ1) is 10.2. The molecule has 1 aromatic carbocycles. The average Bonchev–Trinajstić information content (AvgIpc) is 2.70. The van der Waals surface area contributed by atoms with Crippen LogP contribution in [0, 0.1) is 0 Å². The molecule has 1 heterocycles. The molecule has 2 rings (SSSR count). The van der Waals surface area contributed by atoms with E-state index in [0.717, 1.165) is 6.26 Å². The standard InChI is InChI=1S/C11H9NO4/c13-9-4-2-1-3-7(9)5-10-12-8(6-16-10)11(14)15/h1-4,6,13H,5H2,(H,14,15). The molecule has 0 aliphatic carbocycles. The zero-order valence-electron chi connectivity index (χ0n) is 8.25. The number of carboxylic acid groups (broad SMARTS) is 1. The number of carbonyl (C=O) groups is 1. The van der Waals surface area contributed by atoms with Crippen molar-refractivity contribution in [1.82, 2.24) is 4.98 Å². The van der Waals surface area contributed by atoms with Crippen molar-refractivity contribution in [2.24, 2.45) is 0 Å². The molecule has 1 aromatic heterocycles. The largest absolute Gasteiger partial charge is 0.508 e. The van der Waals surface area contributed by atoms with Crippen LogP contribution in [0.4, 0.5) is 0 Å². The highest BCUT2D eigenvalue weighted by molar-refractivity contribution is 5.84. The van der Waals surface area contributed by atoms with E-state index in [1.807, 2.05) is 0 Å². The molecule has 0 unspecified atom stereocenters. The molecule has 82 valence electrons. The number of rotatable bonds is 3. The number of aromatic nitrogens is 1. The van der Waals surface area contributed by atoms with Crippen LogP contribution in [0.15, 0.2) is 34.9 Å². The number of carboxylic acids is 1. The number of phenols is 1. The Morgan fingerprint density at radius 1 is 1.38 bits per heavy atom. The summed E-state index contributed by atoms with van der Waals surface area (Å²) >= 11 is 0. The van der Waals surface area contributed by atoms with Gasteiger partial charge in [-0.05, 0) is 6.07 Å². The molecule has 0 amide bonds. The summed E-state index contributed by atoms with van der Waals surface area (Å²) in [5.41, 5.74) is 0.506. The average molecular weight is 219 g/mol. The lowest BCUT2D eigenvalue weighted by Gasteiger charge is -1.99. The fourth-order valence-corrected chi connectivity index (χ4v) is 1.31. The number of phenolic OH excluding ortho intramolecular Hbond substituents is 1. The van der Waals surface area contributed by atoms with Gasteiger partial charge < -0.3 is 14.6 Å². The van der Waals surface area contributed by atoms with E-state index in [9.17, 15) is 9.90 Å². The lowest BCUT2D eigenvalue weighted by molar-refractivity contribution is 0.0690. The summed E-state index contributed by atoms with van der Waals surface area (Å²) in [5, 5.41) is 18.1. The minimum Gasteiger partial charge on any atom is -0.508 e. The topological polar surface area (TPSA) is 83.6 Å². The van der Waals surface area contributed by atoms with Crippen LogP contribution in [0.1, 0.15) is 21.9 Å². The van der Waals surface area contributed by atoms with Gasteiger partial charge >= 0.3 is 5.97 Å². The van der Waals surface area contributed by atoms with Gasteiger partial charge in [-0.1, -0.05) is 18.2 Å². The van der Waals surface area contributed by atoms with E-state index in [4.69, 9.17) is 9.52 Å². The Kier molecular flexibility index (Phi) is 2.59. The summed E-state index contributed by atoms with van der Waals surface area (Å²) in [4.78, 5) is 14.3. The van der Waals surface area contributed by atoms with Crippen LogP contribution in [-0.2, 0) is 6.42 Å². The van der Waals surface area contributed by atoms with Crippen molar-refractivity contribution in [1.29, 1.82) is 0 Å². The van der Waals surface area contributed by atoms with Gasteiger partial charge in [0.15, 0.2) is 11.6 Å². The first-order valence-electron chi connectivity index (χ1n) is 4.61. The fraction of sp³-hybridized carbons (Fsp3) is 0.0909. The van der Waals surface area contributed by atoms with Crippen LogP contribution in [0.3, 0.4) is 0 Å². The van der Waals surface area contributed by atoms with E-state index in [1.54, 1.807) is 24.3 Å². The lowest BCUT2D eigenvalue weighted by atomic mass is 10.1. The Bertz CT molecular complexity index is 518. The van der Waals surface area contributed by atoms with Crippen molar-refractivity contribution in [2.45, 2.75) is 6.42 Å². The minimum absolute atomic E-state index is 0.134. The smallest absolute Gasteiger partial charge is 0.357 e. The first-order valence-corrected chi connectivity index (χ1v) is 4.61. The van der Waals surface area contributed by atoms with Crippen molar-refractivity contribution in [3.63, 3.8) is 0 Å². The zero-order chi connectivity index (χ0) is 11.5. The highest BCUT2D eigenvalue weighted by Gasteiger charge is 2.11. The molecule has 0 bridgehead atoms. The monoisotopic (exact) mass is 219 g/mol. The molecule has 0 aliphatic heterocycles. The normalized spacial score (nSPS) is 10.2. The van der Waals surface area contributed by atoms with E-state index in [2.05, 4.69) is 4.98 Å². The molecule has 0 fully saturated rings. The summed E-state index contributed by atoms with van der Waals surface area (Å²) in [6, 6.07) is 6.75. The Balaban J connectivity index is 2.21. The quantitative estimate of drug-likeness (QED) is 0.820. The van der Waals surface area contributed by atoms with E-state index < -0.39 is 5.97 Å². The number of hydrogen-bond donors (Lipinski definition) is 2. The Morgan fingerprint density at radius 2 is 2.12 bits per heavy atom. The van der Waals surface area contributed by atoms with Crippen molar-refractivity contribution < 1.29 is 19.4 Å². The number of nitrogens with zero attached hydrogens (tertiary/aromatic N) is 1. The number of aromatic hydroxyl groups is 1. The molecule has 0 aliphatic rings. The third-order valence-electron chi connectivity index (χ3n) is 2.10. The summed E-state index contributed by atoms with van der Waals surface area (Å²) in [6.45, 7) is 0. The van der Waals surface area contributed by atoms with Gasteiger partial charge in [-0.3, -0.25) is 0 Å². The number of benzene rings is 1. The van der Waals surface area contributed by atoms with Gasteiger partial charge in [0.25, 0.3) is 0 Å². The summed E-state index contributed by atoms with van der Waals surface area (Å²) in [6.07, 6.45) is 1.34. The molecule has 0 spiro atoms. The van der Waals surface area contributed by atoms with Gasteiger partial charge in [-0.15, -0.1) is 0 Å². The highest BCUT2D eigenvalue weighted by atomic mass is 16.4. The second-order valence-corrected chi connectivity index (χ2v) is 3.24. The SMILES string of the molecule is O=C(O)c1coc(Cc2ccccc2O)n1. The van der Waals surface area contributed by atoms with Crippen LogP contribution < -0.4 is 0 Å². The lowest BCUT2D eigenvalue weighted by Crippen LogP contribution is -1.97. The molecular weight excluding hydrogens is 210 g/mol. The van der Waals surface area contributed by atoms with Gasteiger partial charge in [0.1, 0.15) is 12.0 Å². The predicted molar refractivity (Wildman–Crippen MR) is 54.4 cm³/mol. The number of para-hydroxylation sites is 1. The zero-order valence-corrected chi connectivity index (χ0v) is 8.25. The molecular formula is C11H9NO4. The van der Waals surface area contributed by atoms with Crippen LogP contribution >= 0.6 is 0 Å². The second-order valence-electron chi connectivity index (χ2n) is 3.24. The molecule has 5 heteroatoms.